The van der Waals surface area contributed by atoms with E-state index in [9.17, 15) is 18.0 Å². The predicted molar refractivity (Wildman–Crippen MR) is 187 cm³/mol. The number of amides is 2. The molecule has 1 N–H and O–H groups in total. The first kappa shape index (κ1) is 35.2. The van der Waals surface area contributed by atoms with Crippen LogP contribution in [0.1, 0.15) is 43.0 Å². The van der Waals surface area contributed by atoms with Crippen LogP contribution in [0.15, 0.2) is 108 Å². The smallest absolute Gasteiger partial charge is 0.264 e. The van der Waals surface area contributed by atoms with E-state index in [4.69, 9.17) is 4.74 Å². The van der Waals surface area contributed by atoms with E-state index in [2.05, 4.69) is 5.32 Å². The molecule has 248 valence electrons. The highest BCUT2D eigenvalue weighted by atomic mass is 32.2. The maximum absolute atomic E-state index is 14.6. The van der Waals surface area contributed by atoms with Gasteiger partial charge < -0.3 is 15.0 Å². The molecule has 4 aromatic rings. The molecule has 0 saturated carbocycles. The van der Waals surface area contributed by atoms with E-state index in [1.165, 1.54) is 17.0 Å². The highest BCUT2D eigenvalue weighted by molar-refractivity contribution is 7.92. The number of ether oxygens (including phenoxy) is 1. The number of carbonyl (C=O) groups excluding carboxylic acids is 2. The number of rotatable bonds is 15. The summed E-state index contributed by atoms with van der Waals surface area (Å²) in [5.41, 5.74) is 4.03. The van der Waals surface area contributed by atoms with E-state index in [0.717, 1.165) is 26.6 Å². The molecule has 2 amide bonds. The number of hydrogen-bond donors (Lipinski definition) is 1. The third kappa shape index (κ3) is 9.68. The zero-order chi connectivity index (χ0) is 34.0. The molecule has 4 aromatic carbocycles. The molecule has 0 aliphatic carbocycles. The van der Waals surface area contributed by atoms with E-state index < -0.39 is 28.5 Å². The number of sulfonamides is 1. The molecule has 0 aromatic heterocycles. The van der Waals surface area contributed by atoms with Crippen LogP contribution in [0.3, 0.4) is 0 Å². The van der Waals surface area contributed by atoms with Gasteiger partial charge in [0.25, 0.3) is 10.0 Å². The van der Waals surface area contributed by atoms with Crippen LogP contribution in [0.2, 0.25) is 0 Å². The van der Waals surface area contributed by atoms with Gasteiger partial charge >= 0.3 is 0 Å². The fourth-order valence-electron chi connectivity index (χ4n) is 5.23. The topological polar surface area (TPSA) is 96.0 Å². The van der Waals surface area contributed by atoms with Gasteiger partial charge in [-0.1, -0.05) is 91.7 Å². The van der Waals surface area contributed by atoms with Gasteiger partial charge in [0.1, 0.15) is 18.3 Å². The van der Waals surface area contributed by atoms with Crippen molar-refractivity contribution in [3.63, 3.8) is 0 Å². The summed E-state index contributed by atoms with van der Waals surface area (Å²) in [7, 11) is -4.20. The van der Waals surface area contributed by atoms with Crippen molar-refractivity contribution in [2.45, 2.75) is 58.5 Å². The Morgan fingerprint density at radius 2 is 1.47 bits per heavy atom. The largest absolute Gasteiger partial charge is 0.494 e. The van der Waals surface area contributed by atoms with Gasteiger partial charge in [0.2, 0.25) is 11.8 Å². The van der Waals surface area contributed by atoms with E-state index >= 15 is 0 Å². The molecule has 4 rings (SSSR count). The zero-order valence-electron chi connectivity index (χ0n) is 27.8. The quantitative estimate of drug-likeness (QED) is 0.162. The Kier molecular flexibility index (Phi) is 12.2. The summed E-state index contributed by atoms with van der Waals surface area (Å²) in [6.07, 6.45) is 0.262. The van der Waals surface area contributed by atoms with Crippen LogP contribution in [0.5, 0.6) is 5.75 Å². The summed E-state index contributed by atoms with van der Waals surface area (Å²) in [5.74, 6) is -0.0412. The Balaban J connectivity index is 1.79. The van der Waals surface area contributed by atoms with Gasteiger partial charge in [-0.15, -0.1) is 0 Å². The number of nitrogens with zero attached hydrogens (tertiary/aromatic N) is 2. The van der Waals surface area contributed by atoms with E-state index in [-0.39, 0.29) is 29.7 Å². The summed E-state index contributed by atoms with van der Waals surface area (Å²) < 4.78 is 35.2. The highest BCUT2D eigenvalue weighted by Crippen LogP contribution is 2.27. The Bertz CT molecular complexity index is 1720. The van der Waals surface area contributed by atoms with Crippen molar-refractivity contribution in [2.24, 2.45) is 5.92 Å². The molecule has 0 saturated heterocycles. The Labute approximate surface area is 279 Å². The molecule has 1 atom stereocenters. The lowest BCUT2D eigenvalue weighted by Crippen LogP contribution is -2.53. The van der Waals surface area contributed by atoms with E-state index in [1.54, 1.807) is 24.3 Å². The molecule has 0 heterocycles. The fourth-order valence-corrected chi connectivity index (χ4v) is 6.64. The van der Waals surface area contributed by atoms with Crippen molar-refractivity contribution >= 4 is 27.5 Å². The minimum absolute atomic E-state index is 0.0232. The van der Waals surface area contributed by atoms with Crippen molar-refractivity contribution in [3.8, 4) is 5.75 Å². The molecule has 0 fully saturated rings. The van der Waals surface area contributed by atoms with Gasteiger partial charge in [0.15, 0.2) is 0 Å². The Morgan fingerprint density at radius 3 is 2.09 bits per heavy atom. The van der Waals surface area contributed by atoms with Crippen molar-refractivity contribution < 1.29 is 22.7 Å². The molecular formula is C38H45N3O5S. The summed E-state index contributed by atoms with van der Waals surface area (Å²) in [6, 6.07) is 29.6. The second-order valence-corrected chi connectivity index (χ2v) is 14.0. The molecule has 1 unspecified atom stereocenters. The SMILES string of the molecule is CCOc1ccc(S(=O)(=O)N(CC(=O)N(Cc2cccc(C)c2)C(Cc2ccccc2)C(=O)NCC(C)C)c2ccc(C)cc2)cc1. The summed E-state index contributed by atoms with van der Waals surface area (Å²) in [5, 5.41) is 3.02. The van der Waals surface area contributed by atoms with Crippen LogP contribution >= 0.6 is 0 Å². The number of carbonyl (C=O) groups is 2. The Morgan fingerprint density at radius 1 is 0.809 bits per heavy atom. The first-order chi connectivity index (χ1) is 22.5. The third-order valence-electron chi connectivity index (χ3n) is 7.71. The van der Waals surface area contributed by atoms with Crippen LogP contribution in [0.4, 0.5) is 5.69 Å². The maximum atomic E-state index is 14.6. The third-order valence-corrected chi connectivity index (χ3v) is 9.50. The monoisotopic (exact) mass is 655 g/mol. The standard InChI is InChI=1S/C38H45N3O5S/c1-6-46-34-19-21-35(22-20-34)47(44,45)41(33-17-15-29(4)16-18-33)27-37(42)40(26-32-14-10-11-30(5)23-32)36(38(43)39-25-28(2)3)24-31-12-8-7-9-13-31/h7-23,28,36H,6,24-27H2,1-5H3,(H,39,43). The minimum Gasteiger partial charge on any atom is -0.494 e. The number of anilines is 1. The molecule has 0 aliphatic rings. The van der Waals surface area contributed by atoms with Gasteiger partial charge in [-0.2, -0.15) is 0 Å². The van der Waals surface area contributed by atoms with Gasteiger partial charge in [0.05, 0.1) is 17.2 Å². The second kappa shape index (κ2) is 16.3. The zero-order valence-corrected chi connectivity index (χ0v) is 28.7. The predicted octanol–water partition coefficient (Wildman–Crippen LogP) is 6.31. The lowest BCUT2D eigenvalue weighted by Gasteiger charge is -2.34. The summed E-state index contributed by atoms with van der Waals surface area (Å²) >= 11 is 0. The van der Waals surface area contributed by atoms with E-state index in [1.807, 2.05) is 101 Å². The molecule has 0 bridgehead atoms. The van der Waals surface area contributed by atoms with Crippen LogP contribution in [-0.2, 0) is 32.6 Å². The number of hydrogen-bond acceptors (Lipinski definition) is 5. The molecule has 0 spiro atoms. The molecule has 8 nitrogen and oxygen atoms in total. The summed E-state index contributed by atoms with van der Waals surface area (Å²) in [6.45, 7) is 10.3. The summed E-state index contributed by atoms with van der Waals surface area (Å²) in [4.78, 5) is 30.0. The molecule has 9 heteroatoms. The van der Waals surface area contributed by atoms with Gasteiger partial charge in [-0.25, -0.2) is 8.42 Å². The van der Waals surface area contributed by atoms with E-state index in [0.29, 0.717) is 24.6 Å². The van der Waals surface area contributed by atoms with Gasteiger partial charge in [-0.05, 0) is 74.2 Å². The number of aryl methyl sites for hydroxylation is 2. The van der Waals surface area contributed by atoms with Crippen molar-refractivity contribution in [3.05, 3.63) is 125 Å². The first-order valence-corrected chi connectivity index (χ1v) is 17.4. The number of benzene rings is 4. The molecular weight excluding hydrogens is 611 g/mol. The average Bonchev–Trinajstić information content (AvgIpc) is 3.05. The minimum atomic E-state index is -4.20. The van der Waals surface area contributed by atoms with Crippen molar-refractivity contribution in [2.75, 3.05) is 24.0 Å². The fraction of sp³-hybridized carbons (Fsp3) is 0.316. The lowest BCUT2D eigenvalue weighted by molar-refractivity contribution is -0.140. The van der Waals surface area contributed by atoms with Crippen molar-refractivity contribution in [1.29, 1.82) is 0 Å². The van der Waals surface area contributed by atoms with Crippen LogP contribution < -0.4 is 14.4 Å². The van der Waals surface area contributed by atoms with Gasteiger partial charge in [0, 0.05) is 19.5 Å². The second-order valence-electron chi connectivity index (χ2n) is 12.1. The maximum Gasteiger partial charge on any atom is 0.264 e. The average molecular weight is 656 g/mol. The molecule has 0 aliphatic heterocycles. The van der Waals surface area contributed by atoms with Crippen LogP contribution in [0.25, 0.3) is 0 Å². The highest BCUT2D eigenvalue weighted by Gasteiger charge is 2.34. The molecule has 47 heavy (non-hydrogen) atoms. The molecule has 0 radical (unpaired) electrons. The lowest BCUT2D eigenvalue weighted by atomic mass is 10.0. The van der Waals surface area contributed by atoms with Crippen molar-refractivity contribution in [1.82, 2.24) is 10.2 Å². The normalized spacial score (nSPS) is 12.0. The van der Waals surface area contributed by atoms with Crippen LogP contribution in [0, 0.1) is 19.8 Å². The van der Waals surface area contributed by atoms with Crippen LogP contribution in [-0.4, -0.2) is 50.9 Å². The van der Waals surface area contributed by atoms with Gasteiger partial charge in [-0.3, -0.25) is 13.9 Å². The first-order valence-electron chi connectivity index (χ1n) is 16.0. The number of nitrogens with one attached hydrogen (secondary N) is 1. The Hall–Kier alpha value is -4.63.